The quantitative estimate of drug-likeness (QED) is 0.511. The average molecular weight is 216 g/mol. The van der Waals surface area contributed by atoms with Gasteiger partial charge in [0.2, 0.25) is 0 Å². The van der Waals surface area contributed by atoms with Crippen molar-refractivity contribution in [2.45, 2.75) is 4.90 Å². The standard InChI is InChI=1S/C8H6ClNS2/c9-5-3-12-8-4(5)1-2-6(10)7(8)11/h1-3,11H,10H2. The van der Waals surface area contributed by atoms with Gasteiger partial charge < -0.3 is 5.73 Å². The van der Waals surface area contributed by atoms with Crippen LogP contribution in [0.3, 0.4) is 0 Å². The molecule has 0 fully saturated rings. The van der Waals surface area contributed by atoms with Gasteiger partial charge in [0.05, 0.1) is 9.72 Å². The second kappa shape index (κ2) is 2.83. The Labute approximate surface area is 84.6 Å². The van der Waals surface area contributed by atoms with Crippen LogP contribution in [0.5, 0.6) is 0 Å². The minimum atomic E-state index is 0.698. The van der Waals surface area contributed by atoms with Crippen LogP contribution in [-0.2, 0) is 0 Å². The maximum Gasteiger partial charge on any atom is 0.0592 e. The normalized spacial score (nSPS) is 10.8. The number of nitrogens with two attached hydrogens (primary N) is 1. The fourth-order valence-electron chi connectivity index (χ4n) is 1.07. The predicted octanol–water partition coefficient (Wildman–Crippen LogP) is 3.43. The highest BCUT2D eigenvalue weighted by atomic mass is 35.5. The van der Waals surface area contributed by atoms with Crippen molar-refractivity contribution < 1.29 is 0 Å². The number of benzene rings is 1. The largest absolute Gasteiger partial charge is 0.398 e. The molecule has 0 saturated carbocycles. The minimum Gasteiger partial charge on any atom is -0.398 e. The lowest BCUT2D eigenvalue weighted by Gasteiger charge is -1.98. The zero-order valence-corrected chi connectivity index (χ0v) is 8.51. The number of hydrogen-bond acceptors (Lipinski definition) is 3. The Kier molecular flexibility index (Phi) is 1.94. The van der Waals surface area contributed by atoms with E-state index in [0.717, 1.165) is 20.0 Å². The Morgan fingerprint density at radius 3 is 2.92 bits per heavy atom. The van der Waals surface area contributed by atoms with Crippen molar-refractivity contribution in [1.29, 1.82) is 0 Å². The van der Waals surface area contributed by atoms with E-state index in [9.17, 15) is 0 Å². The lowest BCUT2D eigenvalue weighted by molar-refractivity contribution is 1.59. The summed E-state index contributed by atoms with van der Waals surface area (Å²) in [4.78, 5) is 0.824. The lowest BCUT2D eigenvalue weighted by atomic mass is 10.2. The van der Waals surface area contributed by atoms with Crippen molar-refractivity contribution in [2.75, 3.05) is 5.73 Å². The third kappa shape index (κ3) is 1.09. The van der Waals surface area contributed by atoms with Crippen molar-refractivity contribution in [3.63, 3.8) is 0 Å². The molecule has 0 spiro atoms. The van der Waals surface area contributed by atoms with Crippen LogP contribution in [0.1, 0.15) is 0 Å². The predicted molar refractivity (Wildman–Crippen MR) is 58.5 cm³/mol. The SMILES string of the molecule is Nc1ccc2c(Cl)csc2c1S. The maximum atomic E-state index is 5.93. The molecule has 1 heterocycles. The van der Waals surface area contributed by atoms with Gasteiger partial charge in [-0.1, -0.05) is 11.6 Å². The van der Waals surface area contributed by atoms with Gasteiger partial charge in [-0.25, -0.2) is 0 Å². The topological polar surface area (TPSA) is 26.0 Å². The van der Waals surface area contributed by atoms with E-state index < -0.39 is 0 Å². The number of thiol groups is 1. The van der Waals surface area contributed by atoms with Crippen molar-refractivity contribution >= 4 is 51.3 Å². The first kappa shape index (κ1) is 8.23. The van der Waals surface area contributed by atoms with E-state index in [1.807, 2.05) is 17.5 Å². The monoisotopic (exact) mass is 215 g/mol. The molecule has 0 amide bonds. The molecule has 2 aromatic rings. The first-order valence-electron chi connectivity index (χ1n) is 3.34. The summed E-state index contributed by atoms with van der Waals surface area (Å²) >= 11 is 11.8. The highest BCUT2D eigenvalue weighted by Crippen LogP contribution is 2.36. The van der Waals surface area contributed by atoms with Gasteiger partial charge >= 0.3 is 0 Å². The summed E-state index contributed by atoms with van der Waals surface area (Å²) in [5.74, 6) is 0. The van der Waals surface area contributed by atoms with E-state index in [1.165, 1.54) is 0 Å². The highest BCUT2D eigenvalue weighted by molar-refractivity contribution is 7.81. The zero-order chi connectivity index (χ0) is 8.72. The van der Waals surface area contributed by atoms with Gasteiger partial charge in [-0.2, -0.15) is 0 Å². The summed E-state index contributed by atoms with van der Waals surface area (Å²) in [6, 6.07) is 3.74. The molecule has 0 saturated heterocycles. The van der Waals surface area contributed by atoms with Crippen molar-refractivity contribution in [3.8, 4) is 0 Å². The van der Waals surface area contributed by atoms with E-state index in [-0.39, 0.29) is 0 Å². The molecular formula is C8H6ClNS2. The Morgan fingerprint density at radius 1 is 1.42 bits per heavy atom. The molecule has 62 valence electrons. The van der Waals surface area contributed by atoms with Crippen molar-refractivity contribution in [1.82, 2.24) is 0 Å². The van der Waals surface area contributed by atoms with Gasteiger partial charge in [-0.15, -0.1) is 24.0 Å². The summed E-state index contributed by atoms with van der Waals surface area (Å²) in [6.45, 7) is 0. The molecular weight excluding hydrogens is 210 g/mol. The Morgan fingerprint density at radius 2 is 2.17 bits per heavy atom. The van der Waals surface area contributed by atoms with Crippen LogP contribution in [0, 0.1) is 0 Å². The second-order valence-electron chi connectivity index (χ2n) is 2.46. The van der Waals surface area contributed by atoms with E-state index in [0.29, 0.717) is 5.69 Å². The molecule has 1 aromatic carbocycles. The summed E-state index contributed by atoms with van der Waals surface area (Å²) in [5.41, 5.74) is 6.38. The lowest BCUT2D eigenvalue weighted by Crippen LogP contribution is -1.85. The van der Waals surface area contributed by atoms with Crippen LogP contribution in [0.15, 0.2) is 22.4 Å². The third-order valence-electron chi connectivity index (χ3n) is 1.70. The van der Waals surface area contributed by atoms with Crippen LogP contribution in [0.2, 0.25) is 5.02 Å². The molecule has 1 nitrogen and oxygen atoms in total. The molecule has 0 atom stereocenters. The maximum absolute atomic E-state index is 5.93. The van der Waals surface area contributed by atoms with E-state index in [4.69, 9.17) is 17.3 Å². The van der Waals surface area contributed by atoms with Crippen LogP contribution in [0.4, 0.5) is 5.69 Å². The molecule has 0 bridgehead atoms. The molecule has 4 heteroatoms. The molecule has 0 radical (unpaired) electrons. The summed E-state index contributed by atoms with van der Waals surface area (Å²) in [7, 11) is 0. The smallest absolute Gasteiger partial charge is 0.0592 e. The number of hydrogen-bond donors (Lipinski definition) is 2. The van der Waals surface area contributed by atoms with Crippen LogP contribution in [0.25, 0.3) is 10.1 Å². The Hall–Kier alpha value is -0.380. The van der Waals surface area contributed by atoms with E-state index >= 15 is 0 Å². The summed E-state index contributed by atoms with van der Waals surface area (Å²) < 4.78 is 1.06. The van der Waals surface area contributed by atoms with Crippen LogP contribution >= 0.6 is 35.6 Å². The van der Waals surface area contributed by atoms with Gasteiger partial charge in [0, 0.05) is 21.3 Å². The summed E-state index contributed by atoms with van der Waals surface area (Å²) in [5, 5.41) is 3.69. The average Bonchev–Trinajstić information content (AvgIpc) is 2.41. The fraction of sp³-hybridized carbons (Fsp3) is 0. The molecule has 0 aliphatic carbocycles. The molecule has 0 unspecified atom stereocenters. The molecule has 0 aliphatic heterocycles. The second-order valence-corrected chi connectivity index (χ2v) is 4.20. The Bertz CT molecular complexity index is 436. The van der Waals surface area contributed by atoms with E-state index in [1.54, 1.807) is 11.3 Å². The molecule has 0 aliphatic rings. The van der Waals surface area contributed by atoms with Crippen LogP contribution < -0.4 is 5.73 Å². The van der Waals surface area contributed by atoms with Crippen LogP contribution in [-0.4, -0.2) is 0 Å². The molecule has 2 N–H and O–H groups in total. The Balaban J connectivity index is 2.93. The third-order valence-corrected chi connectivity index (χ3v) is 3.79. The van der Waals surface area contributed by atoms with Gasteiger partial charge in [0.25, 0.3) is 0 Å². The summed E-state index contributed by atoms with van der Waals surface area (Å²) in [6.07, 6.45) is 0. The first-order chi connectivity index (χ1) is 5.70. The fourth-order valence-corrected chi connectivity index (χ4v) is 2.65. The highest BCUT2D eigenvalue weighted by Gasteiger charge is 2.06. The van der Waals surface area contributed by atoms with Gasteiger partial charge in [-0.05, 0) is 12.1 Å². The van der Waals surface area contributed by atoms with Crippen molar-refractivity contribution in [2.24, 2.45) is 0 Å². The zero-order valence-electron chi connectivity index (χ0n) is 6.04. The minimum absolute atomic E-state index is 0.698. The van der Waals surface area contributed by atoms with Gasteiger partial charge in [0.1, 0.15) is 0 Å². The number of rotatable bonds is 0. The van der Waals surface area contributed by atoms with Crippen molar-refractivity contribution in [3.05, 3.63) is 22.5 Å². The molecule has 1 aromatic heterocycles. The number of nitrogen functional groups attached to an aromatic ring is 1. The first-order valence-corrected chi connectivity index (χ1v) is 5.05. The molecule has 2 rings (SSSR count). The number of thiophene rings is 1. The van der Waals surface area contributed by atoms with Gasteiger partial charge in [0.15, 0.2) is 0 Å². The number of fused-ring (bicyclic) bond motifs is 1. The number of anilines is 1. The molecule has 12 heavy (non-hydrogen) atoms. The number of halogens is 1. The van der Waals surface area contributed by atoms with Gasteiger partial charge in [-0.3, -0.25) is 0 Å². The van der Waals surface area contributed by atoms with E-state index in [2.05, 4.69) is 12.6 Å².